The van der Waals surface area contributed by atoms with Crippen LogP contribution in [0.25, 0.3) is 0 Å². The van der Waals surface area contributed by atoms with Crippen molar-refractivity contribution in [2.45, 2.75) is 96.3 Å². The third kappa shape index (κ3) is 4.76. The second-order valence-electron chi connectivity index (χ2n) is 9.81. The molecule has 0 aliphatic carbocycles. The van der Waals surface area contributed by atoms with Crippen LogP contribution in [-0.4, -0.2) is 55.6 Å². The van der Waals surface area contributed by atoms with Crippen molar-refractivity contribution in [3.63, 3.8) is 0 Å². The summed E-state index contributed by atoms with van der Waals surface area (Å²) in [5, 5.41) is 3.03. The Morgan fingerprint density at radius 2 is 1.76 bits per heavy atom. The summed E-state index contributed by atoms with van der Waals surface area (Å²) in [6.45, 7) is 17.2. The number of nitrogens with one attached hydrogen (secondary N) is 1. The predicted molar refractivity (Wildman–Crippen MR) is 100.0 cm³/mol. The van der Waals surface area contributed by atoms with Gasteiger partial charge in [-0.15, -0.1) is 0 Å². The van der Waals surface area contributed by atoms with Crippen LogP contribution >= 0.6 is 0 Å². The lowest BCUT2D eigenvalue weighted by Gasteiger charge is -2.38. The fraction of sp³-hybridized carbons (Fsp3) is 0.889. The minimum atomic E-state index is -1.92. The van der Waals surface area contributed by atoms with E-state index in [9.17, 15) is 9.59 Å². The van der Waals surface area contributed by atoms with E-state index in [0.717, 1.165) is 6.42 Å². The van der Waals surface area contributed by atoms with Crippen molar-refractivity contribution in [3.8, 4) is 0 Å². The van der Waals surface area contributed by atoms with Crippen LogP contribution in [0.3, 0.4) is 0 Å². The first-order valence-electron chi connectivity index (χ1n) is 9.16. The highest BCUT2D eigenvalue weighted by molar-refractivity contribution is 6.74. The highest BCUT2D eigenvalue weighted by Crippen LogP contribution is 2.39. The molecule has 2 amide bonds. The van der Waals surface area contributed by atoms with Gasteiger partial charge >= 0.3 is 6.09 Å². The molecule has 0 aromatic rings. The first kappa shape index (κ1) is 20.2. The molecule has 7 heteroatoms. The number of hydrogen-bond donors (Lipinski definition) is 1. The summed E-state index contributed by atoms with van der Waals surface area (Å²) in [7, 11) is -1.92. The third-order valence-corrected chi connectivity index (χ3v) is 9.95. The lowest BCUT2D eigenvalue weighted by molar-refractivity contribution is -0.129. The van der Waals surface area contributed by atoms with Crippen molar-refractivity contribution in [1.82, 2.24) is 10.2 Å². The molecule has 0 spiro atoms. The summed E-state index contributed by atoms with van der Waals surface area (Å²) in [6, 6.07) is -0.0460. The van der Waals surface area contributed by atoms with Crippen LogP contribution in [0, 0.1) is 0 Å². The molecule has 2 aliphatic heterocycles. The number of β-lactam (4-membered cyclic amide) rings is 1. The molecule has 2 saturated heterocycles. The van der Waals surface area contributed by atoms with E-state index < -0.39 is 13.9 Å². The number of nitrogens with zero attached hydrogens (tertiary/aromatic N) is 1. The second-order valence-corrected chi connectivity index (χ2v) is 14.6. The van der Waals surface area contributed by atoms with Gasteiger partial charge in [-0.05, 0) is 45.3 Å². The molecule has 0 unspecified atom stereocenters. The van der Waals surface area contributed by atoms with Gasteiger partial charge in [0.1, 0.15) is 5.60 Å². The fourth-order valence-electron chi connectivity index (χ4n) is 3.03. The molecule has 2 heterocycles. The fourth-order valence-corrected chi connectivity index (χ4v) is 4.39. The molecule has 0 radical (unpaired) electrons. The number of hydrogen-bond acceptors (Lipinski definition) is 4. The Labute approximate surface area is 152 Å². The summed E-state index contributed by atoms with van der Waals surface area (Å²) in [5.74, 6) is 0.0444. The van der Waals surface area contributed by atoms with Gasteiger partial charge in [-0.2, -0.15) is 0 Å². The molecule has 0 aromatic heterocycles. The van der Waals surface area contributed by atoms with Crippen LogP contribution in [0.5, 0.6) is 0 Å². The Balaban J connectivity index is 2.11. The van der Waals surface area contributed by atoms with Gasteiger partial charge in [-0.1, -0.05) is 20.8 Å². The average molecular weight is 371 g/mol. The first-order chi connectivity index (χ1) is 11.2. The van der Waals surface area contributed by atoms with Crippen LogP contribution in [0.1, 0.15) is 54.4 Å². The zero-order chi connectivity index (χ0) is 19.2. The topological polar surface area (TPSA) is 67.9 Å². The molecule has 25 heavy (non-hydrogen) atoms. The molecule has 3 atom stereocenters. The molecule has 2 aliphatic rings. The largest absolute Gasteiger partial charge is 0.444 e. The summed E-state index contributed by atoms with van der Waals surface area (Å²) in [4.78, 5) is 25.8. The van der Waals surface area contributed by atoms with Crippen molar-refractivity contribution in [1.29, 1.82) is 0 Å². The Morgan fingerprint density at radius 1 is 1.20 bits per heavy atom. The van der Waals surface area contributed by atoms with Gasteiger partial charge in [0.25, 0.3) is 0 Å². The number of carbonyl (C=O) groups is 2. The van der Waals surface area contributed by atoms with E-state index in [4.69, 9.17) is 9.16 Å². The van der Waals surface area contributed by atoms with Gasteiger partial charge < -0.3 is 19.4 Å². The van der Waals surface area contributed by atoms with Gasteiger partial charge in [0, 0.05) is 13.0 Å². The van der Waals surface area contributed by atoms with Crippen LogP contribution in [-0.2, 0) is 14.0 Å². The normalized spacial score (nSPS) is 27.8. The average Bonchev–Trinajstić information content (AvgIpc) is 2.74. The second kappa shape index (κ2) is 6.58. The number of carbonyl (C=O) groups excluding carboxylic acids is 2. The molecular weight excluding hydrogens is 336 g/mol. The maximum atomic E-state index is 12.7. The van der Waals surface area contributed by atoms with E-state index in [0.29, 0.717) is 13.0 Å². The van der Waals surface area contributed by atoms with Crippen molar-refractivity contribution < 1.29 is 18.8 Å². The zero-order valence-electron chi connectivity index (χ0n) is 16.9. The quantitative estimate of drug-likeness (QED) is 0.611. The minimum Gasteiger partial charge on any atom is -0.444 e. The maximum absolute atomic E-state index is 12.7. The lowest BCUT2D eigenvalue weighted by Crippen LogP contribution is -2.59. The van der Waals surface area contributed by atoms with E-state index in [-0.39, 0.29) is 35.2 Å². The van der Waals surface area contributed by atoms with Crippen molar-refractivity contribution in [2.24, 2.45) is 0 Å². The van der Waals surface area contributed by atoms with Crippen LogP contribution < -0.4 is 5.32 Å². The van der Waals surface area contributed by atoms with Crippen molar-refractivity contribution >= 4 is 20.3 Å². The van der Waals surface area contributed by atoms with Crippen LogP contribution in [0.15, 0.2) is 0 Å². The lowest BCUT2D eigenvalue weighted by atomic mass is 9.95. The first-order valence-corrected chi connectivity index (χ1v) is 12.1. The Kier molecular flexibility index (Phi) is 5.32. The molecule has 0 bridgehead atoms. The SMILES string of the molecule is CC(C)(C)OC(=O)N1C[C@H](O[Si](C)(C)C(C)(C)C)C[C@H]1[C@@H]1CC(=O)N1. The summed E-state index contributed by atoms with van der Waals surface area (Å²) >= 11 is 0. The summed E-state index contributed by atoms with van der Waals surface area (Å²) < 4.78 is 12.1. The highest BCUT2D eigenvalue weighted by atomic mass is 28.4. The van der Waals surface area contributed by atoms with Gasteiger partial charge in [-0.25, -0.2) is 4.79 Å². The molecule has 0 saturated carbocycles. The van der Waals surface area contributed by atoms with Crippen molar-refractivity contribution in [3.05, 3.63) is 0 Å². The van der Waals surface area contributed by atoms with Crippen LogP contribution in [0.2, 0.25) is 18.1 Å². The predicted octanol–water partition coefficient (Wildman–Crippen LogP) is 3.27. The molecule has 144 valence electrons. The molecular formula is C18H34N2O4Si. The van der Waals surface area contributed by atoms with E-state index in [1.165, 1.54) is 0 Å². The van der Waals surface area contributed by atoms with E-state index in [2.05, 4.69) is 39.2 Å². The standard InChI is InChI=1S/C18H34N2O4Si/c1-17(2,3)23-16(22)20-11-12(24-25(7,8)18(4,5)6)9-14(20)13-10-15(21)19-13/h12-14H,9-11H2,1-8H3,(H,19,21)/t12-,13+,14+/m1/s1. The van der Waals surface area contributed by atoms with Gasteiger partial charge in [0.2, 0.25) is 5.91 Å². The number of rotatable bonds is 3. The minimum absolute atomic E-state index is 0.00379. The molecule has 2 rings (SSSR count). The van der Waals surface area contributed by atoms with Gasteiger partial charge in [-0.3, -0.25) is 4.79 Å². The number of likely N-dealkylation sites (tertiary alicyclic amines) is 1. The molecule has 1 N–H and O–H groups in total. The third-order valence-electron chi connectivity index (χ3n) is 5.42. The Hall–Kier alpha value is -1.08. The molecule has 2 fully saturated rings. The summed E-state index contributed by atoms with van der Waals surface area (Å²) in [6.07, 6.45) is 0.893. The van der Waals surface area contributed by atoms with Gasteiger partial charge in [0.15, 0.2) is 8.32 Å². The Bertz CT molecular complexity index is 528. The Morgan fingerprint density at radius 3 is 2.20 bits per heavy atom. The van der Waals surface area contributed by atoms with E-state index in [1.54, 1.807) is 4.90 Å². The van der Waals surface area contributed by atoms with Crippen molar-refractivity contribution in [2.75, 3.05) is 6.54 Å². The van der Waals surface area contributed by atoms with Crippen LogP contribution in [0.4, 0.5) is 4.79 Å². The summed E-state index contributed by atoms with van der Waals surface area (Å²) in [5.41, 5.74) is -0.539. The monoisotopic (exact) mass is 370 g/mol. The number of ether oxygens (including phenoxy) is 1. The zero-order valence-corrected chi connectivity index (χ0v) is 17.9. The van der Waals surface area contributed by atoms with E-state index in [1.807, 2.05) is 20.8 Å². The molecule has 0 aromatic carbocycles. The smallest absolute Gasteiger partial charge is 0.410 e. The highest BCUT2D eigenvalue weighted by Gasteiger charge is 2.48. The molecule has 6 nitrogen and oxygen atoms in total. The number of amides is 2. The van der Waals surface area contributed by atoms with Gasteiger partial charge in [0.05, 0.1) is 18.2 Å². The maximum Gasteiger partial charge on any atom is 0.410 e. The van der Waals surface area contributed by atoms with E-state index >= 15 is 0 Å².